The molecule has 1 aliphatic heterocycles. The van der Waals surface area contributed by atoms with Crippen LogP contribution in [0.5, 0.6) is 23.0 Å². The third-order valence-corrected chi connectivity index (χ3v) is 4.90. The maximum atomic E-state index is 14.2. The lowest BCUT2D eigenvalue weighted by Crippen LogP contribution is -2.30. The second-order valence-electron chi connectivity index (χ2n) is 7.32. The van der Waals surface area contributed by atoms with Crippen LogP contribution in [-0.2, 0) is 9.53 Å². The fraction of sp³-hybridized carbons (Fsp3) is 0.120. The predicted octanol–water partition coefficient (Wildman–Crippen LogP) is 4.64. The van der Waals surface area contributed by atoms with Gasteiger partial charge in [0.25, 0.3) is 0 Å². The van der Waals surface area contributed by atoms with E-state index >= 15 is 0 Å². The highest BCUT2D eigenvalue weighted by Crippen LogP contribution is 2.35. The van der Waals surface area contributed by atoms with E-state index in [2.05, 4.69) is 5.32 Å². The second-order valence-corrected chi connectivity index (χ2v) is 7.32. The number of amides is 1. The number of benzene rings is 3. The van der Waals surface area contributed by atoms with Crippen molar-refractivity contribution in [1.82, 2.24) is 0 Å². The van der Waals surface area contributed by atoms with Crippen LogP contribution in [0.4, 0.5) is 14.9 Å². The number of hydrogen-bond donors (Lipinski definition) is 3. The topological polar surface area (TPSA) is 124 Å². The zero-order chi connectivity index (χ0) is 24.8. The van der Waals surface area contributed by atoms with Crippen molar-refractivity contribution in [3.05, 3.63) is 90.3 Å². The number of rotatable bonds is 8. The van der Waals surface area contributed by atoms with Gasteiger partial charge in [0, 0.05) is 17.8 Å². The summed E-state index contributed by atoms with van der Waals surface area (Å²) in [6.07, 6.45) is -1.38. The highest BCUT2D eigenvalue weighted by atomic mass is 19.1. The summed E-state index contributed by atoms with van der Waals surface area (Å²) in [5, 5.41) is 21.3. The van der Waals surface area contributed by atoms with Crippen LogP contribution in [0.3, 0.4) is 0 Å². The SMILES string of the molecule is O=C(O)/C=C/[C@H](Oc1ccccc1)[C@@H](OC(=O)Nc1ccc2c(c1)OCO2)c1ccc(O)c(F)c1. The molecule has 3 N–H and O–H groups in total. The zero-order valence-corrected chi connectivity index (χ0v) is 18.1. The largest absolute Gasteiger partial charge is 0.505 e. The predicted molar refractivity (Wildman–Crippen MR) is 121 cm³/mol. The first-order valence-electron chi connectivity index (χ1n) is 10.4. The number of carbonyl (C=O) groups excluding carboxylic acids is 1. The van der Waals surface area contributed by atoms with Gasteiger partial charge in [-0.3, -0.25) is 5.32 Å². The molecule has 0 fully saturated rings. The number of aliphatic carboxylic acids is 1. The Hall–Kier alpha value is -4.73. The molecular formula is C25H20FNO8. The molecule has 9 nitrogen and oxygen atoms in total. The van der Waals surface area contributed by atoms with Gasteiger partial charge in [0.1, 0.15) is 5.75 Å². The second kappa shape index (κ2) is 10.5. The summed E-state index contributed by atoms with van der Waals surface area (Å²) < 4.78 is 36.2. The first-order valence-corrected chi connectivity index (χ1v) is 10.4. The number of carboxylic acids is 1. The van der Waals surface area contributed by atoms with E-state index in [0.717, 1.165) is 18.2 Å². The molecule has 0 aromatic heterocycles. The fourth-order valence-electron chi connectivity index (χ4n) is 3.30. The molecule has 0 aliphatic carbocycles. The van der Waals surface area contributed by atoms with E-state index in [0.29, 0.717) is 22.9 Å². The monoisotopic (exact) mass is 481 g/mol. The van der Waals surface area contributed by atoms with Gasteiger partial charge >= 0.3 is 12.1 Å². The maximum absolute atomic E-state index is 14.2. The van der Waals surface area contributed by atoms with Crippen LogP contribution in [0.1, 0.15) is 11.7 Å². The average molecular weight is 481 g/mol. The molecule has 0 saturated heterocycles. The minimum Gasteiger partial charge on any atom is -0.505 e. The first-order chi connectivity index (χ1) is 16.9. The van der Waals surface area contributed by atoms with E-state index in [4.69, 9.17) is 24.1 Å². The minimum atomic E-state index is -1.30. The van der Waals surface area contributed by atoms with Crippen LogP contribution < -0.4 is 19.5 Å². The summed E-state index contributed by atoms with van der Waals surface area (Å²) >= 11 is 0. The highest BCUT2D eigenvalue weighted by Gasteiger charge is 2.29. The van der Waals surface area contributed by atoms with E-state index in [-0.39, 0.29) is 12.4 Å². The van der Waals surface area contributed by atoms with Crippen molar-refractivity contribution < 1.29 is 43.1 Å². The number of aromatic hydroxyl groups is 1. The Morgan fingerprint density at radius 2 is 1.80 bits per heavy atom. The summed E-state index contributed by atoms with van der Waals surface area (Å²) in [6.45, 7) is 0.0616. The van der Waals surface area contributed by atoms with E-state index < -0.39 is 35.8 Å². The summed E-state index contributed by atoms with van der Waals surface area (Å²) in [7, 11) is 0. The number of fused-ring (bicyclic) bond motifs is 1. The third-order valence-electron chi connectivity index (χ3n) is 4.90. The van der Waals surface area contributed by atoms with Gasteiger partial charge in [-0.15, -0.1) is 0 Å². The van der Waals surface area contributed by atoms with Crippen molar-refractivity contribution in [3.8, 4) is 23.0 Å². The smallest absolute Gasteiger partial charge is 0.412 e. The molecule has 0 saturated carbocycles. The third kappa shape index (κ3) is 5.99. The lowest BCUT2D eigenvalue weighted by molar-refractivity contribution is -0.131. The number of ether oxygens (including phenoxy) is 4. The van der Waals surface area contributed by atoms with Gasteiger partial charge in [-0.1, -0.05) is 24.3 Å². The maximum Gasteiger partial charge on any atom is 0.412 e. The fourth-order valence-corrected chi connectivity index (χ4v) is 3.30. The molecule has 3 aromatic rings. The van der Waals surface area contributed by atoms with Gasteiger partial charge in [0.05, 0.1) is 0 Å². The molecule has 0 spiro atoms. The number of hydrogen-bond acceptors (Lipinski definition) is 7. The standard InChI is InChI=1S/C25H20FNO8/c26-18-12-15(6-8-19(18)28)24(21(10-11-23(29)30)34-17-4-2-1-3-5-17)35-25(31)27-16-7-9-20-22(13-16)33-14-32-20/h1-13,21,24,28H,14H2,(H,27,31)(H,29,30)/b11-10+/t21-,24-/m0/s1. The molecule has 1 amide bonds. The Morgan fingerprint density at radius 3 is 2.54 bits per heavy atom. The number of anilines is 1. The van der Waals surface area contributed by atoms with Crippen LogP contribution in [-0.4, -0.2) is 35.2 Å². The number of carboxylic acid groups (broad SMARTS) is 1. The van der Waals surface area contributed by atoms with E-state index in [1.54, 1.807) is 48.5 Å². The Kier molecular flexibility index (Phi) is 7.01. The Balaban J connectivity index is 1.63. The quantitative estimate of drug-likeness (QED) is 0.398. The van der Waals surface area contributed by atoms with Gasteiger partial charge in [-0.05, 0) is 48.0 Å². The van der Waals surface area contributed by atoms with E-state index in [1.165, 1.54) is 12.1 Å². The Labute approximate surface area is 198 Å². The van der Waals surface area contributed by atoms with Gasteiger partial charge in [-0.2, -0.15) is 0 Å². The van der Waals surface area contributed by atoms with Gasteiger partial charge in [0.15, 0.2) is 35.3 Å². The number of halogens is 1. The normalized spacial score (nSPS) is 13.7. The summed E-state index contributed by atoms with van der Waals surface area (Å²) in [6, 6.07) is 16.6. The number of nitrogens with one attached hydrogen (secondary N) is 1. The minimum absolute atomic E-state index is 0.0616. The highest BCUT2D eigenvalue weighted by molar-refractivity contribution is 5.85. The molecule has 4 rings (SSSR count). The van der Waals surface area contributed by atoms with Crippen LogP contribution in [0.15, 0.2) is 78.9 Å². The van der Waals surface area contributed by atoms with Gasteiger partial charge < -0.3 is 29.2 Å². The van der Waals surface area contributed by atoms with Gasteiger partial charge in [0.2, 0.25) is 6.79 Å². The van der Waals surface area contributed by atoms with Crippen LogP contribution in [0, 0.1) is 5.82 Å². The zero-order valence-electron chi connectivity index (χ0n) is 18.1. The lowest BCUT2D eigenvalue weighted by Gasteiger charge is -2.26. The molecule has 180 valence electrons. The number of phenols is 1. The van der Waals surface area contributed by atoms with Crippen LogP contribution in [0.25, 0.3) is 0 Å². The number of carbonyl (C=O) groups is 2. The van der Waals surface area contributed by atoms with Crippen molar-refractivity contribution in [2.24, 2.45) is 0 Å². The molecule has 0 radical (unpaired) electrons. The first kappa shape index (κ1) is 23.4. The molecule has 35 heavy (non-hydrogen) atoms. The molecule has 0 bridgehead atoms. The number of para-hydroxylation sites is 1. The van der Waals surface area contributed by atoms with Crippen LogP contribution >= 0.6 is 0 Å². The number of phenolic OH excluding ortho intramolecular Hbond substituents is 1. The molecule has 1 heterocycles. The van der Waals surface area contributed by atoms with Crippen molar-refractivity contribution >= 4 is 17.7 Å². The summed E-state index contributed by atoms with van der Waals surface area (Å²) in [5.41, 5.74) is 0.466. The van der Waals surface area contributed by atoms with Crippen molar-refractivity contribution in [1.29, 1.82) is 0 Å². The van der Waals surface area contributed by atoms with E-state index in [9.17, 15) is 19.1 Å². The van der Waals surface area contributed by atoms with Crippen molar-refractivity contribution in [2.75, 3.05) is 12.1 Å². The average Bonchev–Trinajstić information content (AvgIpc) is 3.31. The molecule has 3 aromatic carbocycles. The molecule has 2 atom stereocenters. The molecule has 1 aliphatic rings. The van der Waals surface area contributed by atoms with Gasteiger partial charge in [-0.25, -0.2) is 14.0 Å². The Bertz CT molecular complexity index is 1250. The molecule has 0 unspecified atom stereocenters. The molecular weight excluding hydrogens is 461 g/mol. The van der Waals surface area contributed by atoms with Crippen molar-refractivity contribution in [3.63, 3.8) is 0 Å². The van der Waals surface area contributed by atoms with Crippen molar-refractivity contribution in [2.45, 2.75) is 12.2 Å². The Morgan fingerprint density at radius 1 is 1.03 bits per heavy atom. The van der Waals surface area contributed by atoms with E-state index in [1.807, 2.05) is 0 Å². The van der Waals surface area contributed by atoms with Crippen LogP contribution in [0.2, 0.25) is 0 Å². The summed E-state index contributed by atoms with van der Waals surface area (Å²) in [4.78, 5) is 24.0. The molecule has 10 heteroatoms. The lowest BCUT2D eigenvalue weighted by atomic mass is 10.0. The summed E-state index contributed by atoms with van der Waals surface area (Å²) in [5.74, 6) is -1.48.